The van der Waals surface area contributed by atoms with Crippen molar-refractivity contribution in [2.45, 2.75) is 53.9 Å². The van der Waals surface area contributed by atoms with Crippen molar-refractivity contribution in [3.05, 3.63) is 280 Å². The van der Waals surface area contributed by atoms with Crippen LogP contribution in [0.15, 0.2) is 218 Å². The van der Waals surface area contributed by atoms with Gasteiger partial charge in [0.05, 0.1) is 5.41 Å². The van der Waals surface area contributed by atoms with Crippen LogP contribution in [-0.2, 0) is 5.41 Å². The summed E-state index contributed by atoms with van der Waals surface area (Å²) in [6, 6.07) is 82.6. The molecule has 0 radical (unpaired) electrons. The maximum Gasteiger partial charge on any atom is 0.0727 e. The fraction of sp³-hybridized carbons (Fsp3) is 0.118. The zero-order chi connectivity index (χ0) is 48.5. The van der Waals surface area contributed by atoms with Crippen molar-refractivity contribution in [2.24, 2.45) is 0 Å². The van der Waals surface area contributed by atoms with E-state index in [1.54, 1.807) is 0 Å². The Bertz CT molecular complexity index is 3190. The molecule has 0 atom stereocenters. The lowest BCUT2D eigenvalue weighted by molar-refractivity contribution is 0.792. The fourth-order valence-corrected chi connectivity index (χ4v) is 11.2. The van der Waals surface area contributed by atoms with E-state index in [1.807, 2.05) is 0 Å². The summed E-state index contributed by atoms with van der Waals surface area (Å²) in [5, 5.41) is 0. The highest BCUT2D eigenvalue weighted by Gasteiger charge is 2.52. The monoisotopic (exact) mass is 915 g/mol. The van der Waals surface area contributed by atoms with E-state index in [2.05, 4.69) is 282 Å². The van der Waals surface area contributed by atoms with Gasteiger partial charge >= 0.3 is 0 Å². The molecular formula is C68H57N3. The van der Waals surface area contributed by atoms with Crippen LogP contribution in [0.5, 0.6) is 0 Å². The van der Waals surface area contributed by atoms with E-state index >= 15 is 0 Å². The number of anilines is 9. The van der Waals surface area contributed by atoms with Gasteiger partial charge in [-0.25, -0.2) is 0 Å². The van der Waals surface area contributed by atoms with E-state index in [9.17, 15) is 0 Å². The van der Waals surface area contributed by atoms with E-state index in [0.29, 0.717) is 0 Å². The van der Waals surface area contributed by atoms with Crippen molar-refractivity contribution in [1.29, 1.82) is 0 Å². The summed E-state index contributed by atoms with van der Waals surface area (Å²) in [6.07, 6.45) is 0. The third kappa shape index (κ3) is 7.43. The molecule has 0 unspecified atom stereocenters. The molecule has 2 aliphatic carbocycles. The highest BCUT2D eigenvalue weighted by molar-refractivity contribution is 5.99. The third-order valence-electron chi connectivity index (χ3n) is 14.9. The van der Waals surface area contributed by atoms with Gasteiger partial charge in [0, 0.05) is 51.2 Å². The molecule has 0 aliphatic heterocycles. The highest BCUT2D eigenvalue weighted by atomic mass is 15.2. The predicted molar refractivity (Wildman–Crippen MR) is 300 cm³/mol. The van der Waals surface area contributed by atoms with Crippen molar-refractivity contribution in [1.82, 2.24) is 0 Å². The van der Waals surface area contributed by atoms with Gasteiger partial charge in [-0.15, -0.1) is 0 Å². The van der Waals surface area contributed by atoms with E-state index in [4.69, 9.17) is 0 Å². The van der Waals surface area contributed by atoms with Crippen LogP contribution < -0.4 is 14.7 Å². The summed E-state index contributed by atoms with van der Waals surface area (Å²) >= 11 is 0. The normalized spacial score (nSPS) is 12.5. The van der Waals surface area contributed by atoms with Gasteiger partial charge in [-0.05, 0) is 202 Å². The molecule has 1 spiro atoms. The van der Waals surface area contributed by atoms with Crippen LogP contribution in [0.25, 0.3) is 22.3 Å². The maximum atomic E-state index is 2.51. The van der Waals surface area contributed by atoms with Crippen LogP contribution >= 0.6 is 0 Å². The van der Waals surface area contributed by atoms with Gasteiger partial charge in [-0.3, -0.25) is 0 Å². The SMILES string of the molecule is Cc1ccc(N(c2ccc(C)cc2)c2ccc3c(c2)C2(c4cc(C)ccc4-3)c3cc(N(c4ccc(C)cc4)c4ccc(C)cc4)ccc3-c3ccc(N(c4ccc(C)cc4)c4ccc(C)cc4)cc32)cc1. The molecular weight excluding hydrogens is 859 g/mol. The van der Waals surface area contributed by atoms with Crippen LogP contribution in [-0.4, -0.2) is 0 Å². The van der Waals surface area contributed by atoms with Crippen LogP contribution in [0.3, 0.4) is 0 Å². The van der Waals surface area contributed by atoms with Crippen molar-refractivity contribution >= 4 is 51.2 Å². The molecule has 2 aliphatic rings. The van der Waals surface area contributed by atoms with Gasteiger partial charge < -0.3 is 14.7 Å². The zero-order valence-electron chi connectivity index (χ0n) is 41.6. The molecule has 0 aromatic heterocycles. The number of fused-ring (bicyclic) bond motifs is 10. The first-order valence-corrected chi connectivity index (χ1v) is 24.9. The molecule has 0 amide bonds. The second kappa shape index (κ2) is 17.2. The topological polar surface area (TPSA) is 9.72 Å². The molecule has 0 saturated heterocycles. The quantitative estimate of drug-likeness (QED) is 0.143. The molecule has 0 bridgehead atoms. The largest absolute Gasteiger partial charge is 0.310 e. The summed E-state index contributed by atoms with van der Waals surface area (Å²) in [6.45, 7) is 15.2. The van der Waals surface area contributed by atoms with E-state index in [1.165, 1.54) is 83.5 Å². The molecule has 0 heterocycles. The lowest BCUT2D eigenvalue weighted by Gasteiger charge is -2.34. The molecule has 71 heavy (non-hydrogen) atoms. The number of benzene rings is 10. The number of hydrogen-bond donors (Lipinski definition) is 0. The first-order chi connectivity index (χ1) is 34.5. The molecule has 3 nitrogen and oxygen atoms in total. The summed E-state index contributed by atoms with van der Waals surface area (Å²) in [5.41, 5.74) is 28.2. The lowest BCUT2D eigenvalue weighted by atomic mass is 9.70. The Balaban J connectivity index is 1.17. The second-order valence-corrected chi connectivity index (χ2v) is 20.0. The Labute approximate surface area is 419 Å². The molecule has 0 saturated carbocycles. The molecule has 3 heteroatoms. The van der Waals surface area contributed by atoms with Crippen LogP contribution in [0.4, 0.5) is 51.2 Å². The van der Waals surface area contributed by atoms with Gasteiger partial charge in [0.1, 0.15) is 0 Å². The standard InChI is InChI=1S/C68H57N3/c1-44-8-21-51(22-9-44)69(52-23-10-45(2)11-24-52)57-33-37-61-60-36-20-50(7)40-64(60)68(65(61)41-57)66-42-58(70(53-25-12-46(3)13-26-53)54-27-14-47(4)15-28-54)34-38-62(66)63-39-35-59(43-67(63)68)71(55-29-16-48(5)17-30-55)56-31-18-49(6)19-32-56/h8-43H,1-7H3. The van der Waals surface area contributed by atoms with Crippen LogP contribution in [0, 0.1) is 48.5 Å². The Morgan fingerprint density at radius 2 is 0.380 bits per heavy atom. The minimum absolute atomic E-state index is 0.686. The molecule has 0 fully saturated rings. The van der Waals surface area contributed by atoms with Crippen molar-refractivity contribution < 1.29 is 0 Å². The molecule has 10 aromatic carbocycles. The number of nitrogens with zero attached hydrogens (tertiary/aromatic N) is 3. The average molecular weight is 916 g/mol. The van der Waals surface area contributed by atoms with Gasteiger partial charge in [0.15, 0.2) is 0 Å². The Kier molecular flexibility index (Phi) is 10.6. The maximum absolute atomic E-state index is 2.51. The van der Waals surface area contributed by atoms with Crippen LogP contribution in [0.2, 0.25) is 0 Å². The summed E-state index contributed by atoms with van der Waals surface area (Å²) < 4.78 is 0. The number of aryl methyl sites for hydroxylation is 7. The Morgan fingerprint density at radius 1 is 0.197 bits per heavy atom. The second-order valence-electron chi connectivity index (χ2n) is 20.0. The van der Waals surface area contributed by atoms with Gasteiger partial charge in [0.2, 0.25) is 0 Å². The predicted octanol–water partition coefficient (Wildman–Crippen LogP) is 18.6. The molecule has 0 N–H and O–H groups in total. The number of rotatable bonds is 9. The zero-order valence-corrected chi connectivity index (χ0v) is 41.6. The minimum atomic E-state index is -0.686. The highest BCUT2D eigenvalue weighted by Crippen LogP contribution is 2.65. The van der Waals surface area contributed by atoms with E-state index in [-0.39, 0.29) is 0 Å². The van der Waals surface area contributed by atoms with Crippen molar-refractivity contribution in [3.63, 3.8) is 0 Å². The van der Waals surface area contributed by atoms with Crippen molar-refractivity contribution in [3.8, 4) is 22.3 Å². The molecule has 10 aromatic rings. The fourth-order valence-electron chi connectivity index (χ4n) is 11.2. The molecule has 12 rings (SSSR count). The van der Waals surface area contributed by atoms with Crippen molar-refractivity contribution in [2.75, 3.05) is 14.7 Å². The van der Waals surface area contributed by atoms with Gasteiger partial charge in [-0.1, -0.05) is 148 Å². The van der Waals surface area contributed by atoms with Gasteiger partial charge in [-0.2, -0.15) is 0 Å². The smallest absolute Gasteiger partial charge is 0.0727 e. The lowest BCUT2D eigenvalue weighted by Crippen LogP contribution is -2.27. The summed E-state index contributed by atoms with van der Waals surface area (Å²) in [5.74, 6) is 0. The van der Waals surface area contributed by atoms with E-state index < -0.39 is 5.41 Å². The molecule has 344 valence electrons. The Hall–Kier alpha value is -8.40. The first kappa shape index (κ1) is 43.9. The average Bonchev–Trinajstić information content (AvgIpc) is 3.83. The third-order valence-corrected chi connectivity index (χ3v) is 14.9. The first-order valence-electron chi connectivity index (χ1n) is 24.9. The number of hydrogen-bond acceptors (Lipinski definition) is 3. The van der Waals surface area contributed by atoms with Crippen LogP contribution in [0.1, 0.15) is 61.2 Å². The Morgan fingerprint density at radius 3 is 0.620 bits per heavy atom. The summed E-state index contributed by atoms with van der Waals surface area (Å²) in [4.78, 5) is 7.28. The van der Waals surface area contributed by atoms with Gasteiger partial charge in [0.25, 0.3) is 0 Å². The minimum Gasteiger partial charge on any atom is -0.310 e. The summed E-state index contributed by atoms with van der Waals surface area (Å²) in [7, 11) is 0. The van der Waals surface area contributed by atoms with E-state index in [0.717, 1.165) is 51.2 Å².